The minimum Gasteiger partial charge on any atom is -0.435 e. The second-order valence-electron chi connectivity index (χ2n) is 6.25. The van der Waals surface area contributed by atoms with Crippen LogP contribution in [0.1, 0.15) is 43.4 Å². The number of alkyl halides is 2. The molecular formula is C20H26F2IN3O2. The minimum atomic E-state index is -2.91. The summed E-state index contributed by atoms with van der Waals surface area (Å²) in [6, 6.07) is 13.8. The normalized spacial score (nSPS) is 13.6. The lowest BCUT2D eigenvalue weighted by Crippen LogP contribution is -2.23. The molecule has 4 N–H and O–H groups in total. The lowest BCUT2D eigenvalue weighted by atomic mass is 9.99. The average Bonchev–Trinajstić information content (AvgIpc) is 2.65. The van der Waals surface area contributed by atoms with Gasteiger partial charge < -0.3 is 20.9 Å². The zero-order chi connectivity index (χ0) is 19.8. The minimum absolute atomic E-state index is 0. The zero-order valence-electron chi connectivity index (χ0n) is 15.8. The van der Waals surface area contributed by atoms with Crippen molar-refractivity contribution in [2.45, 2.75) is 38.9 Å². The molecule has 0 fully saturated rings. The number of halogens is 3. The Morgan fingerprint density at radius 2 is 1.86 bits per heavy atom. The summed E-state index contributed by atoms with van der Waals surface area (Å²) in [6.07, 6.45) is 0.0806. The smallest absolute Gasteiger partial charge is 0.387 e. The number of anilines is 1. The van der Waals surface area contributed by atoms with E-state index in [-0.39, 0.29) is 42.2 Å². The standard InChI is InChI=1S/C20H25F2N3O2.HI/c1-3-13(2)14-7-9-16(10-8-14)25-20(23)24-12-18(26)15-5-4-6-17(11-15)27-19(21)22;/h4-11,13,18-19,26H,3,12H2,1-2H3,(H3,23,24,25);1H. The molecule has 2 aromatic carbocycles. The van der Waals surface area contributed by atoms with Crippen molar-refractivity contribution in [1.82, 2.24) is 0 Å². The third-order valence-electron chi connectivity index (χ3n) is 4.27. The second kappa shape index (κ2) is 11.8. The summed E-state index contributed by atoms with van der Waals surface area (Å²) in [4.78, 5) is 4.10. The van der Waals surface area contributed by atoms with E-state index in [0.717, 1.165) is 12.1 Å². The first-order valence-corrected chi connectivity index (χ1v) is 8.78. The molecule has 2 unspecified atom stereocenters. The molecule has 0 aliphatic carbocycles. The molecule has 8 heteroatoms. The van der Waals surface area contributed by atoms with Gasteiger partial charge >= 0.3 is 6.61 Å². The van der Waals surface area contributed by atoms with E-state index >= 15 is 0 Å². The Bertz CT molecular complexity index is 757. The molecule has 2 atom stereocenters. The summed E-state index contributed by atoms with van der Waals surface area (Å²) in [6.45, 7) is 1.38. The van der Waals surface area contributed by atoms with Crippen molar-refractivity contribution in [3.8, 4) is 5.75 Å². The van der Waals surface area contributed by atoms with Crippen molar-refractivity contribution < 1.29 is 18.6 Å². The van der Waals surface area contributed by atoms with Gasteiger partial charge in [0.15, 0.2) is 5.96 Å². The molecule has 0 bridgehead atoms. The first kappa shape index (κ1) is 24.1. The third-order valence-corrected chi connectivity index (χ3v) is 4.27. The molecular weight excluding hydrogens is 479 g/mol. The van der Waals surface area contributed by atoms with E-state index in [0.29, 0.717) is 11.5 Å². The number of nitrogens with two attached hydrogens (primary N) is 1. The first-order chi connectivity index (χ1) is 12.9. The van der Waals surface area contributed by atoms with Crippen molar-refractivity contribution in [1.29, 1.82) is 0 Å². The lowest BCUT2D eigenvalue weighted by Gasteiger charge is -2.12. The van der Waals surface area contributed by atoms with Crippen molar-refractivity contribution in [2.75, 3.05) is 11.9 Å². The summed E-state index contributed by atoms with van der Waals surface area (Å²) in [5, 5.41) is 13.1. The maximum absolute atomic E-state index is 12.3. The fourth-order valence-corrected chi connectivity index (χ4v) is 2.51. The Morgan fingerprint density at radius 3 is 2.46 bits per heavy atom. The first-order valence-electron chi connectivity index (χ1n) is 8.78. The van der Waals surface area contributed by atoms with E-state index in [1.165, 1.54) is 23.8 Å². The highest BCUT2D eigenvalue weighted by atomic mass is 127. The van der Waals surface area contributed by atoms with Gasteiger partial charge in [0, 0.05) is 5.69 Å². The molecule has 5 nitrogen and oxygen atoms in total. The van der Waals surface area contributed by atoms with E-state index in [9.17, 15) is 13.9 Å². The SMILES string of the molecule is CCC(C)c1ccc(NC(N)=NCC(O)c2cccc(OC(F)F)c2)cc1.I. The van der Waals surface area contributed by atoms with E-state index < -0.39 is 12.7 Å². The van der Waals surface area contributed by atoms with Crippen LogP contribution in [-0.4, -0.2) is 24.2 Å². The number of benzene rings is 2. The molecule has 0 aliphatic heterocycles. The maximum Gasteiger partial charge on any atom is 0.387 e. The molecule has 0 amide bonds. The zero-order valence-corrected chi connectivity index (χ0v) is 18.1. The van der Waals surface area contributed by atoms with Gasteiger partial charge in [-0.2, -0.15) is 8.78 Å². The van der Waals surface area contributed by atoms with Gasteiger partial charge in [-0.3, -0.25) is 4.99 Å². The number of ether oxygens (including phenoxy) is 1. The molecule has 0 saturated heterocycles. The fraction of sp³-hybridized carbons (Fsp3) is 0.350. The Labute approximate surface area is 181 Å². The van der Waals surface area contributed by atoms with Gasteiger partial charge in [0.25, 0.3) is 0 Å². The molecule has 0 aliphatic rings. The van der Waals surface area contributed by atoms with Gasteiger partial charge in [0.2, 0.25) is 0 Å². The Hall–Kier alpha value is -1.94. The van der Waals surface area contributed by atoms with Gasteiger partial charge in [-0.1, -0.05) is 38.1 Å². The number of aliphatic hydroxyl groups excluding tert-OH is 1. The number of aliphatic hydroxyl groups is 1. The predicted octanol–water partition coefficient (Wildman–Crippen LogP) is 4.88. The monoisotopic (exact) mass is 505 g/mol. The van der Waals surface area contributed by atoms with Crippen LogP contribution in [0, 0.1) is 0 Å². The van der Waals surface area contributed by atoms with Gasteiger partial charge in [-0.25, -0.2) is 0 Å². The van der Waals surface area contributed by atoms with Gasteiger partial charge in [-0.15, -0.1) is 24.0 Å². The van der Waals surface area contributed by atoms with Crippen molar-refractivity contribution in [3.05, 3.63) is 59.7 Å². The number of hydrogen-bond donors (Lipinski definition) is 3. The highest BCUT2D eigenvalue weighted by Gasteiger charge is 2.10. The van der Waals surface area contributed by atoms with Crippen LogP contribution in [0.3, 0.4) is 0 Å². The second-order valence-corrected chi connectivity index (χ2v) is 6.25. The maximum atomic E-state index is 12.3. The molecule has 0 aromatic heterocycles. The number of guanidine groups is 1. The Balaban J connectivity index is 0.00000392. The highest BCUT2D eigenvalue weighted by Crippen LogP contribution is 2.22. The molecule has 0 radical (unpaired) electrons. The molecule has 28 heavy (non-hydrogen) atoms. The van der Waals surface area contributed by atoms with Crippen LogP contribution in [0.15, 0.2) is 53.5 Å². The third kappa shape index (κ3) is 7.59. The van der Waals surface area contributed by atoms with Crippen LogP contribution >= 0.6 is 24.0 Å². The topological polar surface area (TPSA) is 79.9 Å². The van der Waals surface area contributed by atoms with Crippen LogP contribution < -0.4 is 15.8 Å². The van der Waals surface area contributed by atoms with Crippen LogP contribution in [0.4, 0.5) is 14.5 Å². The molecule has 0 spiro atoms. The summed E-state index contributed by atoms with van der Waals surface area (Å²) >= 11 is 0. The number of rotatable bonds is 8. The number of nitrogens with zero attached hydrogens (tertiary/aromatic N) is 1. The van der Waals surface area contributed by atoms with E-state index in [1.807, 2.05) is 24.3 Å². The van der Waals surface area contributed by atoms with Crippen molar-refractivity contribution in [2.24, 2.45) is 10.7 Å². The van der Waals surface area contributed by atoms with Gasteiger partial charge in [0.05, 0.1) is 12.6 Å². The quantitative estimate of drug-likeness (QED) is 0.272. The average molecular weight is 505 g/mol. The summed E-state index contributed by atoms with van der Waals surface area (Å²) in [5.74, 6) is 0.633. The van der Waals surface area contributed by atoms with Crippen LogP contribution in [-0.2, 0) is 0 Å². The Kier molecular flexibility index (Phi) is 10.2. The molecule has 0 saturated carbocycles. The number of aliphatic imine (C=N–C) groups is 1. The largest absolute Gasteiger partial charge is 0.435 e. The number of nitrogens with one attached hydrogen (secondary N) is 1. The molecule has 0 heterocycles. The van der Waals surface area contributed by atoms with E-state index in [1.54, 1.807) is 6.07 Å². The van der Waals surface area contributed by atoms with Gasteiger partial charge in [0.1, 0.15) is 5.75 Å². The predicted molar refractivity (Wildman–Crippen MR) is 119 cm³/mol. The highest BCUT2D eigenvalue weighted by molar-refractivity contribution is 14.0. The molecule has 2 aromatic rings. The summed E-state index contributed by atoms with van der Waals surface area (Å²) in [7, 11) is 0. The summed E-state index contributed by atoms with van der Waals surface area (Å²) < 4.78 is 28.9. The molecule has 154 valence electrons. The Morgan fingerprint density at radius 1 is 1.18 bits per heavy atom. The van der Waals surface area contributed by atoms with Crippen LogP contribution in [0.25, 0.3) is 0 Å². The molecule has 2 rings (SSSR count). The van der Waals surface area contributed by atoms with Crippen LogP contribution in [0.2, 0.25) is 0 Å². The summed E-state index contributed by atoms with van der Waals surface area (Å²) in [5.41, 5.74) is 8.32. The van der Waals surface area contributed by atoms with E-state index in [4.69, 9.17) is 5.73 Å². The van der Waals surface area contributed by atoms with Crippen LogP contribution in [0.5, 0.6) is 5.75 Å². The van der Waals surface area contributed by atoms with E-state index in [2.05, 4.69) is 28.9 Å². The van der Waals surface area contributed by atoms with Crippen molar-refractivity contribution >= 4 is 35.6 Å². The van der Waals surface area contributed by atoms with Gasteiger partial charge in [-0.05, 0) is 47.7 Å². The number of hydrogen-bond acceptors (Lipinski definition) is 3. The fourth-order valence-electron chi connectivity index (χ4n) is 2.51. The lowest BCUT2D eigenvalue weighted by molar-refractivity contribution is -0.0499. The van der Waals surface area contributed by atoms with Crippen molar-refractivity contribution in [3.63, 3.8) is 0 Å².